The molecule has 25 heavy (non-hydrogen) atoms. The third kappa shape index (κ3) is 3.60. The van der Waals surface area contributed by atoms with Crippen LogP contribution in [0.4, 0.5) is 10.1 Å². The fourth-order valence-corrected chi connectivity index (χ4v) is 4.01. The van der Waals surface area contributed by atoms with Gasteiger partial charge in [-0.05, 0) is 43.4 Å². The Morgan fingerprint density at radius 1 is 1.32 bits per heavy atom. The van der Waals surface area contributed by atoms with Crippen LogP contribution in [0.3, 0.4) is 0 Å². The number of anilines is 1. The van der Waals surface area contributed by atoms with E-state index in [1.807, 2.05) is 6.92 Å². The maximum atomic E-state index is 14.0. The van der Waals surface area contributed by atoms with E-state index in [4.69, 9.17) is 4.74 Å². The average molecular weight is 344 g/mol. The molecule has 2 aromatic rings. The number of esters is 1. The molecule has 0 saturated carbocycles. The molecule has 0 amide bonds. The average Bonchev–Trinajstić information content (AvgIpc) is 2.54. The van der Waals surface area contributed by atoms with E-state index < -0.39 is 0 Å². The number of hydrogen-bond acceptors (Lipinski definition) is 4. The molecule has 1 aliphatic rings. The Morgan fingerprint density at radius 2 is 2.00 bits per heavy atom. The number of aromatic nitrogens is 1. The molecule has 4 nitrogen and oxygen atoms in total. The van der Waals surface area contributed by atoms with Gasteiger partial charge in [0.1, 0.15) is 5.82 Å². The van der Waals surface area contributed by atoms with Crippen LogP contribution in [0.5, 0.6) is 0 Å². The topological polar surface area (TPSA) is 42.4 Å². The predicted molar refractivity (Wildman–Crippen MR) is 97.3 cm³/mol. The normalized spacial score (nSPS) is 20.8. The molecule has 1 aliphatic heterocycles. The maximum Gasteiger partial charge on any atom is 0.310 e. The summed E-state index contributed by atoms with van der Waals surface area (Å²) in [6.45, 7) is 8.17. The molecule has 2 unspecified atom stereocenters. The van der Waals surface area contributed by atoms with Crippen LogP contribution in [-0.4, -0.2) is 31.2 Å². The Hall–Kier alpha value is -2.17. The van der Waals surface area contributed by atoms with Crippen molar-refractivity contribution in [3.05, 3.63) is 35.3 Å². The van der Waals surface area contributed by atoms with Crippen molar-refractivity contribution in [3.8, 4) is 0 Å². The van der Waals surface area contributed by atoms with Gasteiger partial charge in [0, 0.05) is 29.7 Å². The van der Waals surface area contributed by atoms with Crippen LogP contribution in [0.1, 0.15) is 31.5 Å². The van der Waals surface area contributed by atoms with Crippen molar-refractivity contribution in [1.82, 2.24) is 4.98 Å². The van der Waals surface area contributed by atoms with E-state index in [1.165, 1.54) is 25.7 Å². The van der Waals surface area contributed by atoms with Crippen molar-refractivity contribution >= 4 is 22.6 Å². The van der Waals surface area contributed by atoms with E-state index in [9.17, 15) is 9.18 Å². The summed E-state index contributed by atoms with van der Waals surface area (Å²) in [5.74, 6) is 0.500. The smallest absolute Gasteiger partial charge is 0.310 e. The minimum atomic E-state index is -0.306. The van der Waals surface area contributed by atoms with E-state index in [0.717, 1.165) is 40.9 Å². The van der Waals surface area contributed by atoms with Crippen molar-refractivity contribution < 1.29 is 13.9 Å². The first kappa shape index (κ1) is 17.6. The van der Waals surface area contributed by atoms with Gasteiger partial charge in [-0.2, -0.15) is 0 Å². The number of pyridine rings is 1. The molecular formula is C20H25FN2O2. The fourth-order valence-electron chi connectivity index (χ4n) is 4.01. The molecule has 2 heterocycles. The summed E-state index contributed by atoms with van der Waals surface area (Å²) in [6, 6.07) is 4.67. The Balaban J connectivity index is 2.21. The summed E-state index contributed by atoms with van der Waals surface area (Å²) in [4.78, 5) is 18.9. The molecule has 1 aromatic heterocycles. The maximum absolute atomic E-state index is 14.0. The molecule has 0 radical (unpaired) electrons. The van der Waals surface area contributed by atoms with Crippen molar-refractivity contribution in [2.75, 3.05) is 25.1 Å². The third-order valence-corrected chi connectivity index (χ3v) is 4.96. The number of benzene rings is 1. The van der Waals surface area contributed by atoms with E-state index >= 15 is 0 Å². The summed E-state index contributed by atoms with van der Waals surface area (Å²) in [6.07, 6.45) is 1.33. The van der Waals surface area contributed by atoms with Gasteiger partial charge in [0.25, 0.3) is 0 Å². The predicted octanol–water partition coefficient (Wildman–Crippen LogP) is 3.88. The number of nitrogens with zero attached hydrogens (tertiary/aromatic N) is 2. The van der Waals surface area contributed by atoms with Crippen LogP contribution < -0.4 is 4.90 Å². The lowest BCUT2D eigenvalue weighted by molar-refractivity contribution is -0.139. The van der Waals surface area contributed by atoms with E-state index in [2.05, 4.69) is 23.7 Å². The van der Waals surface area contributed by atoms with Gasteiger partial charge in [0.15, 0.2) is 0 Å². The lowest BCUT2D eigenvalue weighted by atomic mass is 9.90. The van der Waals surface area contributed by atoms with Gasteiger partial charge in [-0.3, -0.25) is 9.78 Å². The number of halogens is 1. The number of carbonyl (C=O) groups excluding carboxylic acids is 1. The second-order valence-electron chi connectivity index (χ2n) is 7.29. The molecule has 0 aliphatic carbocycles. The fraction of sp³-hybridized carbons (Fsp3) is 0.500. The molecule has 134 valence electrons. The van der Waals surface area contributed by atoms with Crippen LogP contribution in [0.15, 0.2) is 18.2 Å². The number of carbonyl (C=O) groups is 1. The van der Waals surface area contributed by atoms with Gasteiger partial charge >= 0.3 is 5.97 Å². The molecule has 1 fully saturated rings. The van der Waals surface area contributed by atoms with E-state index in [1.54, 1.807) is 6.07 Å². The first-order valence-corrected chi connectivity index (χ1v) is 8.79. The molecule has 1 saturated heterocycles. The van der Waals surface area contributed by atoms with Gasteiger partial charge in [0.2, 0.25) is 0 Å². The van der Waals surface area contributed by atoms with E-state index in [-0.39, 0.29) is 18.2 Å². The quantitative estimate of drug-likeness (QED) is 0.793. The molecule has 0 N–H and O–H groups in total. The number of ether oxygens (including phenoxy) is 1. The van der Waals surface area contributed by atoms with Gasteiger partial charge in [0.05, 0.1) is 24.7 Å². The molecule has 5 heteroatoms. The summed E-state index contributed by atoms with van der Waals surface area (Å²) in [5, 5.41) is 0.769. The Morgan fingerprint density at radius 3 is 2.64 bits per heavy atom. The zero-order valence-electron chi connectivity index (χ0n) is 15.3. The van der Waals surface area contributed by atoms with Crippen molar-refractivity contribution in [2.45, 2.75) is 33.6 Å². The summed E-state index contributed by atoms with van der Waals surface area (Å²) in [7, 11) is 1.39. The molecule has 0 spiro atoms. The van der Waals surface area contributed by atoms with Crippen molar-refractivity contribution in [1.29, 1.82) is 0 Å². The SMILES string of the molecule is COC(=O)Cc1c(C)nc2ccc(F)cc2c1N1CC(C)CC(C)C1. The summed E-state index contributed by atoms with van der Waals surface area (Å²) < 4.78 is 18.8. The monoisotopic (exact) mass is 344 g/mol. The van der Waals surface area contributed by atoms with Crippen molar-refractivity contribution in [2.24, 2.45) is 11.8 Å². The first-order chi connectivity index (χ1) is 11.9. The summed E-state index contributed by atoms with van der Waals surface area (Å²) >= 11 is 0. The molecule has 3 rings (SSSR count). The Labute approximate surface area is 148 Å². The number of methoxy groups -OCH3 is 1. The summed E-state index contributed by atoms with van der Waals surface area (Å²) in [5.41, 5.74) is 3.33. The molecule has 2 atom stereocenters. The number of hydrogen-bond donors (Lipinski definition) is 0. The molecular weight excluding hydrogens is 319 g/mol. The van der Waals surface area contributed by atoms with Crippen LogP contribution >= 0.6 is 0 Å². The second-order valence-corrected chi connectivity index (χ2v) is 7.29. The highest BCUT2D eigenvalue weighted by atomic mass is 19.1. The Kier molecular flexibility index (Phi) is 4.93. The number of aryl methyl sites for hydroxylation is 1. The highest BCUT2D eigenvalue weighted by Gasteiger charge is 2.27. The second kappa shape index (κ2) is 6.98. The number of rotatable bonds is 3. The highest BCUT2D eigenvalue weighted by Crippen LogP contribution is 2.36. The van der Waals surface area contributed by atoms with Crippen LogP contribution in [0.2, 0.25) is 0 Å². The van der Waals surface area contributed by atoms with E-state index in [0.29, 0.717) is 11.8 Å². The zero-order chi connectivity index (χ0) is 18.1. The largest absolute Gasteiger partial charge is 0.469 e. The standard InChI is InChI=1S/C20H25FN2O2/c1-12-7-13(2)11-23(10-12)20-16(9-19(24)25-4)14(3)22-18-6-5-15(21)8-17(18)20/h5-6,8,12-13H,7,9-11H2,1-4H3. The number of fused-ring (bicyclic) bond motifs is 1. The van der Waals surface area contributed by atoms with Crippen molar-refractivity contribution in [3.63, 3.8) is 0 Å². The van der Waals surface area contributed by atoms with Gasteiger partial charge in [-0.1, -0.05) is 13.8 Å². The Bertz CT molecular complexity index is 796. The first-order valence-electron chi connectivity index (χ1n) is 8.79. The molecule has 0 bridgehead atoms. The molecule has 1 aromatic carbocycles. The lowest BCUT2D eigenvalue weighted by Gasteiger charge is -2.38. The van der Waals surface area contributed by atoms with Gasteiger partial charge < -0.3 is 9.64 Å². The van der Waals surface area contributed by atoms with Gasteiger partial charge in [-0.15, -0.1) is 0 Å². The zero-order valence-corrected chi connectivity index (χ0v) is 15.3. The minimum absolute atomic E-state index is 0.149. The van der Waals surface area contributed by atoms with Gasteiger partial charge in [-0.25, -0.2) is 4.39 Å². The van der Waals surface area contributed by atoms with Crippen LogP contribution in [0, 0.1) is 24.6 Å². The van der Waals surface area contributed by atoms with Crippen LogP contribution in [-0.2, 0) is 16.0 Å². The third-order valence-electron chi connectivity index (χ3n) is 4.96. The number of piperidine rings is 1. The highest BCUT2D eigenvalue weighted by molar-refractivity contribution is 5.95. The minimum Gasteiger partial charge on any atom is -0.469 e. The van der Waals surface area contributed by atoms with Crippen LogP contribution in [0.25, 0.3) is 10.9 Å². The lowest BCUT2D eigenvalue weighted by Crippen LogP contribution is -2.39.